The molecule has 0 aliphatic heterocycles. The summed E-state index contributed by atoms with van der Waals surface area (Å²) in [6.07, 6.45) is 27.3. The van der Waals surface area contributed by atoms with E-state index in [2.05, 4.69) is 19.1 Å². The molecule has 0 aliphatic rings. The zero-order chi connectivity index (χ0) is 17.7. The second-order valence-corrected chi connectivity index (χ2v) is 7.42. The molecule has 0 saturated carbocycles. The van der Waals surface area contributed by atoms with Crippen LogP contribution in [0.5, 0.6) is 0 Å². The quantitative estimate of drug-likeness (QED) is 0.209. The molecular weight excluding hydrogens is 292 g/mol. The van der Waals surface area contributed by atoms with Crippen molar-refractivity contribution in [3.63, 3.8) is 0 Å². The molecule has 24 heavy (non-hydrogen) atoms. The van der Waals surface area contributed by atoms with Crippen LogP contribution in [0, 0.1) is 0 Å². The Hall–Kier alpha value is -0.340. The number of hydrogen-bond donors (Lipinski definition) is 2. The molecule has 2 heteroatoms. The number of nitrogens with two attached hydrogens (primary N) is 2. The van der Waals surface area contributed by atoms with Gasteiger partial charge in [0.15, 0.2) is 0 Å². The molecule has 4 N–H and O–H groups in total. The molecule has 0 aromatic rings. The van der Waals surface area contributed by atoms with Gasteiger partial charge >= 0.3 is 0 Å². The van der Waals surface area contributed by atoms with E-state index >= 15 is 0 Å². The maximum Gasteiger partial charge on any atom is 0.00392 e. The standard InChI is InChI=1S/C22H46N2/c1-2-3-4-5-6-7-8-9-10-11-12-13-14-15-16-17-19-22(24)20-18-21-23/h9-10,22H,2-8,11-21,23-24H2,1H3. The average molecular weight is 339 g/mol. The molecule has 144 valence electrons. The van der Waals surface area contributed by atoms with Gasteiger partial charge in [0.05, 0.1) is 0 Å². The summed E-state index contributed by atoms with van der Waals surface area (Å²) in [5.74, 6) is 0. The van der Waals surface area contributed by atoms with E-state index in [0.717, 1.165) is 19.4 Å². The third kappa shape index (κ3) is 19.7. The predicted molar refractivity (Wildman–Crippen MR) is 110 cm³/mol. The molecule has 1 unspecified atom stereocenters. The summed E-state index contributed by atoms with van der Waals surface area (Å²) in [5.41, 5.74) is 11.6. The molecule has 0 radical (unpaired) electrons. The van der Waals surface area contributed by atoms with Crippen LogP contribution in [0.2, 0.25) is 0 Å². The van der Waals surface area contributed by atoms with Crippen LogP contribution in [-0.2, 0) is 0 Å². The lowest BCUT2D eigenvalue weighted by Gasteiger charge is -2.10. The Morgan fingerprint density at radius 2 is 1.08 bits per heavy atom. The molecule has 2 nitrogen and oxygen atoms in total. The van der Waals surface area contributed by atoms with Gasteiger partial charge in [0.2, 0.25) is 0 Å². The van der Waals surface area contributed by atoms with Crippen molar-refractivity contribution < 1.29 is 0 Å². The Balaban J connectivity index is 3.12. The fourth-order valence-electron chi connectivity index (χ4n) is 3.18. The molecule has 0 aliphatic carbocycles. The Morgan fingerprint density at radius 1 is 0.625 bits per heavy atom. The lowest BCUT2D eigenvalue weighted by molar-refractivity contribution is 0.502. The van der Waals surface area contributed by atoms with Gasteiger partial charge < -0.3 is 11.5 Å². The maximum atomic E-state index is 6.06. The first kappa shape index (κ1) is 23.7. The average Bonchev–Trinajstić information content (AvgIpc) is 2.59. The fourth-order valence-corrected chi connectivity index (χ4v) is 3.18. The van der Waals surface area contributed by atoms with Crippen LogP contribution in [0.4, 0.5) is 0 Å². The number of allylic oxidation sites excluding steroid dienone is 2. The second kappa shape index (κ2) is 20.7. The summed E-state index contributed by atoms with van der Waals surface area (Å²) in [4.78, 5) is 0. The van der Waals surface area contributed by atoms with Crippen LogP contribution in [0.15, 0.2) is 12.2 Å². The van der Waals surface area contributed by atoms with E-state index < -0.39 is 0 Å². The van der Waals surface area contributed by atoms with Gasteiger partial charge in [-0.25, -0.2) is 0 Å². The highest BCUT2D eigenvalue weighted by atomic mass is 14.6. The number of rotatable bonds is 19. The van der Waals surface area contributed by atoms with Crippen molar-refractivity contribution in [2.24, 2.45) is 11.5 Å². The molecule has 0 heterocycles. The minimum atomic E-state index is 0.380. The first-order valence-corrected chi connectivity index (χ1v) is 10.9. The zero-order valence-corrected chi connectivity index (χ0v) is 16.6. The van der Waals surface area contributed by atoms with Gasteiger partial charge in [-0.2, -0.15) is 0 Å². The van der Waals surface area contributed by atoms with Crippen LogP contribution in [-0.4, -0.2) is 12.6 Å². The summed E-state index contributed by atoms with van der Waals surface area (Å²) in [6.45, 7) is 3.06. The topological polar surface area (TPSA) is 52.0 Å². The van der Waals surface area contributed by atoms with E-state index in [1.807, 2.05) is 0 Å². The summed E-state index contributed by atoms with van der Waals surface area (Å²) < 4.78 is 0. The molecule has 0 rings (SSSR count). The molecule has 0 aromatic heterocycles. The van der Waals surface area contributed by atoms with E-state index in [-0.39, 0.29) is 0 Å². The number of unbranched alkanes of at least 4 members (excludes halogenated alkanes) is 12. The lowest BCUT2D eigenvalue weighted by atomic mass is 10.0. The molecule has 0 amide bonds. The first-order chi connectivity index (χ1) is 11.8. The highest BCUT2D eigenvalue weighted by Gasteiger charge is 2.01. The van der Waals surface area contributed by atoms with Gasteiger partial charge in [-0.3, -0.25) is 0 Å². The zero-order valence-electron chi connectivity index (χ0n) is 16.6. The van der Waals surface area contributed by atoms with Gasteiger partial charge in [-0.1, -0.05) is 83.3 Å². The smallest absolute Gasteiger partial charge is 0.00392 e. The number of hydrogen-bond acceptors (Lipinski definition) is 2. The van der Waals surface area contributed by atoms with Crippen molar-refractivity contribution >= 4 is 0 Å². The highest BCUT2D eigenvalue weighted by molar-refractivity contribution is 4.81. The van der Waals surface area contributed by atoms with Crippen molar-refractivity contribution in [1.29, 1.82) is 0 Å². The largest absolute Gasteiger partial charge is 0.330 e. The second-order valence-electron chi connectivity index (χ2n) is 7.42. The van der Waals surface area contributed by atoms with E-state index in [1.54, 1.807) is 0 Å². The van der Waals surface area contributed by atoms with Gasteiger partial charge in [-0.05, 0) is 51.5 Å². The Kier molecular flexibility index (Phi) is 20.4. The Bertz CT molecular complexity index is 250. The summed E-state index contributed by atoms with van der Waals surface area (Å²) in [7, 11) is 0. The summed E-state index contributed by atoms with van der Waals surface area (Å²) >= 11 is 0. The van der Waals surface area contributed by atoms with Crippen molar-refractivity contribution in [1.82, 2.24) is 0 Å². The van der Waals surface area contributed by atoms with Crippen molar-refractivity contribution in [2.75, 3.05) is 6.54 Å². The van der Waals surface area contributed by atoms with E-state index in [1.165, 1.54) is 96.3 Å². The minimum absolute atomic E-state index is 0.380. The Morgan fingerprint density at radius 3 is 1.62 bits per heavy atom. The monoisotopic (exact) mass is 338 g/mol. The van der Waals surface area contributed by atoms with Crippen molar-refractivity contribution in [3.8, 4) is 0 Å². The van der Waals surface area contributed by atoms with E-state index in [4.69, 9.17) is 11.5 Å². The Labute approximate surface area is 152 Å². The van der Waals surface area contributed by atoms with Crippen molar-refractivity contribution in [3.05, 3.63) is 12.2 Å². The van der Waals surface area contributed by atoms with Gasteiger partial charge in [-0.15, -0.1) is 0 Å². The van der Waals surface area contributed by atoms with Crippen LogP contribution in [0.3, 0.4) is 0 Å². The van der Waals surface area contributed by atoms with Crippen LogP contribution in [0.1, 0.15) is 116 Å². The molecule has 0 bridgehead atoms. The molecule has 0 spiro atoms. The third-order valence-corrected chi connectivity index (χ3v) is 4.87. The molecular formula is C22H46N2. The SMILES string of the molecule is CCCCCCCCC=CCCCCCCCCC(N)CCCN. The lowest BCUT2D eigenvalue weighted by Crippen LogP contribution is -2.20. The van der Waals surface area contributed by atoms with Crippen LogP contribution >= 0.6 is 0 Å². The predicted octanol–water partition coefficient (Wildman–Crippen LogP) is 6.48. The molecule has 0 saturated heterocycles. The normalized spacial score (nSPS) is 13.0. The van der Waals surface area contributed by atoms with Crippen LogP contribution in [0.25, 0.3) is 0 Å². The van der Waals surface area contributed by atoms with Crippen molar-refractivity contribution in [2.45, 2.75) is 122 Å². The first-order valence-electron chi connectivity index (χ1n) is 10.9. The summed E-state index contributed by atoms with van der Waals surface area (Å²) in [6, 6.07) is 0.380. The third-order valence-electron chi connectivity index (χ3n) is 4.87. The van der Waals surface area contributed by atoms with Gasteiger partial charge in [0, 0.05) is 6.04 Å². The minimum Gasteiger partial charge on any atom is -0.330 e. The molecule has 0 aromatic carbocycles. The summed E-state index contributed by atoms with van der Waals surface area (Å²) in [5, 5.41) is 0. The fraction of sp³-hybridized carbons (Fsp3) is 0.909. The maximum absolute atomic E-state index is 6.06. The van der Waals surface area contributed by atoms with Crippen LogP contribution < -0.4 is 11.5 Å². The van der Waals surface area contributed by atoms with Gasteiger partial charge in [0.25, 0.3) is 0 Å². The van der Waals surface area contributed by atoms with E-state index in [0.29, 0.717) is 6.04 Å². The highest BCUT2D eigenvalue weighted by Crippen LogP contribution is 2.12. The van der Waals surface area contributed by atoms with E-state index in [9.17, 15) is 0 Å². The molecule has 1 atom stereocenters. The van der Waals surface area contributed by atoms with Gasteiger partial charge in [0.1, 0.15) is 0 Å². The molecule has 0 fully saturated rings.